The lowest BCUT2D eigenvalue weighted by atomic mass is 9.84. The molecular weight excluding hydrogens is 224 g/mol. The number of piperidine rings is 1. The summed E-state index contributed by atoms with van der Waals surface area (Å²) < 4.78 is 6.11. The van der Waals surface area contributed by atoms with Gasteiger partial charge in [0.1, 0.15) is 5.75 Å². The van der Waals surface area contributed by atoms with Crippen molar-refractivity contribution in [1.29, 1.82) is 0 Å². The molecule has 1 unspecified atom stereocenters. The van der Waals surface area contributed by atoms with E-state index in [0.717, 1.165) is 38.4 Å². The summed E-state index contributed by atoms with van der Waals surface area (Å²) in [6, 6.07) is 6.32. The van der Waals surface area contributed by atoms with Gasteiger partial charge in [0.05, 0.1) is 6.61 Å². The van der Waals surface area contributed by atoms with E-state index in [1.165, 1.54) is 24.1 Å². The minimum Gasteiger partial charge on any atom is -0.493 e. The number of rotatable bonds is 3. The highest BCUT2D eigenvalue weighted by molar-refractivity contribution is 5.61. The number of nitrogens with one attached hydrogen (secondary N) is 2. The van der Waals surface area contributed by atoms with Crippen molar-refractivity contribution in [3.8, 4) is 5.75 Å². The largest absolute Gasteiger partial charge is 0.493 e. The second-order valence-corrected chi connectivity index (χ2v) is 5.84. The third kappa shape index (κ3) is 2.32. The Morgan fingerprint density at radius 3 is 3.11 bits per heavy atom. The van der Waals surface area contributed by atoms with Gasteiger partial charge in [-0.25, -0.2) is 0 Å². The van der Waals surface area contributed by atoms with Crippen LogP contribution in [0.25, 0.3) is 0 Å². The Labute approximate surface area is 109 Å². The highest BCUT2D eigenvalue weighted by Crippen LogP contribution is 2.33. The molecule has 3 heteroatoms. The van der Waals surface area contributed by atoms with Crippen LogP contribution in [0, 0.1) is 5.41 Å². The molecule has 0 radical (unpaired) electrons. The quantitative estimate of drug-likeness (QED) is 0.859. The van der Waals surface area contributed by atoms with Gasteiger partial charge in [-0.05, 0) is 37.9 Å². The lowest BCUT2D eigenvalue weighted by Crippen LogP contribution is -2.41. The maximum absolute atomic E-state index is 6.11. The van der Waals surface area contributed by atoms with E-state index in [2.05, 4.69) is 35.8 Å². The third-order valence-corrected chi connectivity index (χ3v) is 4.09. The van der Waals surface area contributed by atoms with Gasteiger partial charge in [0, 0.05) is 29.8 Å². The van der Waals surface area contributed by atoms with Crippen LogP contribution < -0.4 is 15.4 Å². The second-order valence-electron chi connectivity index (χ2n) is 5.84. The minimum absolute atomic E-state index is 0.285. The molecule has 2 aliphatic rings. The van der Waals surface area contributed by atoms with Gasteiger partial charge >= 0.3 is 0 Å². The Balaban J connectivity index is 1.68. The first kappa shape index (κ1) is 11.8. The third-order valence-electron chi connectivity index (χ3n) is 4.09. The molecule has 3 rings (SSSR count). The van der Waals surface area contributed by atoms with Crippen molar-refractivity contribution in [2.24, 2.45) is 5.41 Å². The molecule has 3 nitrogen and oxygen atoms in total. The Kier molecular flexibility index (Phi) is 3.16. The van der Waals surface area contributed by atoms with Crippen molar-refractivity contribution in [3.63, 3.8) is 0 Å². The number of anilines is 1. The zero-order valence-corrected chi connectivity index (χ0v) is 11.1. The Hall–Kier alpha value is -1.22. The van der Waals surface area contributed by atoms with Crippen LogP contribution in [0.15, 0.2) is 18.2 Å². The highest BCUT2D eigenvalue weighted by Gasteiger charge is 2.28. The molecule has 18 heavy (non-hydrogen) atoms. The van der Waals surface area contributed by atoms with Gasteiger partial charge in [0.2, 0.25) is 0 Å². The van der Waals surface area contributed by atoms with Gasteiger partial charge in [-0.2, -0.15) is 0 Å². The van der Waals surface area contributed by atoms with Crippen molar-refractivity contribution >= 4 is 5.69 Å². The summed E-state index contributed by atoms with van der Waals surface area (Å²) in [6.07, 6.45) is 3.60. The zero-order valence-electron chi connectivity index (χ0n) is 11.1. The fourth-order valence-corrected chi connectivity index (χ4v) is 2.94. The summed E-state index contributed by atoms with van der Waals surface area (Å²) >= 11 is 0. The SMILES string of the molecule is CC1(COc2cccc3c2CCN3)CCCNC1. The summed E-state index contributed by atoms with van der Waals surface area (Å²) in [5.41, 5.74) is 2.89. The van der Waals surface area contributed by atoms with Crippen LogP contribution in [0.5, 0.6) is 5.75 Å². The van der Waals surface area contributed by atoms with Crippen molar-refractivity contribution < 1.29 is 4.74 Å². The van der Waals surface area contributed by atoms with Crippen LogP contribution in [-0.4, -0.2) is 26.2 Å². The molecule has 1 saturated heterocycles. The molecular formula is C15H22N2O. The van der Waals surface area contributed by atoms with E-state index in [1.54, 1.807) is 0 Å². The lowest BCUT2D eigenvalue weighted by Gasteiger charge is -2.34. The van der Waals surface area contributed by atoms with Crippen LogP contribution in [0.3, 0.4) is 0 Å². The topological polar surface area (TPSA) is 33.3 Å². The van der Waals surface area contributed by atoms with Crippen molar-refractivity contribution in [2.75, 3.05) is 31.6 Å². The van der Waals surface area contributed by atoms with Gasteiger partial charge in [-0.1, -0.05) is 13.0 Å². The minimum atomic E-state index is 0.285. The molecule has 1 aromatic carbocycles. The van der Waals surface area contributed by atoms with Crippen molar-refractivity contribution in [2.45, 2.75) is 26.2 Å². The number of ether oxygens (including phenoxy) is 1. The van der Waals surface area contributed by atoms with E-state index in [4.69, 9.17) is 4.74 Å². The van der Waals surface area contributed by atoms with Crippen molar-refractivity contribution in [1.82, 2.24) is 5.32 Å². The fourth-order valence-electron chi connectivity index (χ4n) is 2.94. The number of hydrogen-bond donors (Lipinski definition) is 2. The standard InChI is InChI=1S/C15H22N2O/c1-15(7-3-8-16-10-15)11-18-14-5-2-4-13-12(14)6-9-17-13/h2,4-5,16-17H,3,6-11H2,1H3. The molecule has 1 aromatic rings. The van der Waals surface area contributed by atoms with E-state index < -0.39 is 0 Å². The molecule has 0 spiro atoms. The van der Waals surface area contributed by atoms with E-state index in [1.807, 2.05) is 0 Å². The molecule has 0 bridgehead atoms. The smallest absolute Gasteiger partial charge is 0.124 e. The monoisotopic (exact) mass is 246 g/mol. The van der Waals surface area contributed by atoms with Gasteiger partial charge in [-0.15, -0.1) is 0 Å². The van der Waals surface area contributed by atoms with Gasteiger partial charge in [0.15, 0.2) is 0 Å². The first-order valence-corrected chi connectivity index (χ1v) is 6.96. The summed E-state index contributed by atoms with van der Waals surface area (Å²) in [5.74, 6) is 1.07. The maximum atomic E-state index is 6.11. The number of benzene rings is 1. The number of fused-ring (bicyclic) bond motifs is 1. The average molecular weight is 246 g/mol. The summed E-state index contributed by atoms with van der Waals surface area (Å²) in [5, 5.41) is 6.87. The summed E-state index contributed by atoms with van der Waals surface area (Å²) in [4.78, 5) is 0. The molecule has 0 aliphatic carbocycles. The van der Waals surface area contributed by atoms with Crippen LogP contribution in [0.2, 0.25) is 0 Å². The molecule has 1 fully saturated rings. The highest BCUT2D eigenvalue weighted by atomic mass is 16.5. The van der Waals surface area contributed by atoms with E-state index in [-0.39, 0.29) is 5.41 Å². The summed E-state index contributed by atoms with van der Waals surface area (Å²) in [7, 11) is 0. The molecule has 0 aromatic heterocycles. The zero-order chi connectivity index (χ0) is 12.4. The number of hydrogen-bond acceptors (Lipinski definition) is 3. The maximum Gasteiger partial charge on any atom is 0.124 e. The lowest BCUT2D eigenvalue weighted by molar-refractivity contribution is 0.128. The predicted molar refractivity (Wildman–Crippen MR) is 74.3 cm³/mol. The van der Waals surface area contributed by atoms with Crippen LogP contribution >= 0.6 is 0 Å². The molecule has 1 atom stereocenters. The van der Waals surface area contributed by atoms with Crippen LogP contribution in [0.1, 0.15) is 25.3 Å². The first-order chi connectivity index (χ1) is 8.77. The Bertz CT molecular complexity index is 425. The fraction of sp³-hybridized carbons (Fsp3) is 0.600. The van der Waals surface area contributed by atoms with Gasteiger partial charge < -0.3 is 15.4 Å². The normalized spacial score (nSPS) is 26.5. The van der Waals surface area contributed by atoms with Crippen LogP contribution in [-0.2, 0) is 6.42 Å². The van der Waals surface area contributed by atoms with E-state index >= 15 is 0 Å². The van der Waals surface area contributed by atoms with Crippen LogP contribution in [0.4, 0.5) is 5.69 Å². The predicted octanol–water partition coefficient (Wildman–Crippen LogP) is 2.42. The Morgan fingerprint density at radius 1 is 1.33 bits per heavy atom. The van der Waals surface area contributed by atoms with Gasteiger partial charge in [-0.3, -0.25) is 0 Å². The molecule has 2 N–H and O–H groups in total. The second kappa shape index (κ2) is 4.81. The first-order valence-electron chi connectivity index (χ1n) is 6.96. The summed E-state index contributed by atoms with van der Waals surface area (Å²) in [6.45, 7) is 6.39. The molecule has 0 saturated carbocycles. The van der Waals surface area contributed by atoms with Gasteiger partial charge in [0.25, 0.3) is 0 Å². The molecule has 2 aliphatic heterocycles. The molecule has 0 amide bonds. The van der Waals surface area contributed by atoms with E-state index in [0.29, 0.717) is 0 Å². The van der Waals surface area contributed by atoms with Crippen molar-refractivity contribution in [3.05, 3.63) is 23.8 Å². The average Bonchev–Trinajstić information content (AvgIpc) is 2.86. The van der Waals surface area contributed by atoms with E-state index in [9.17, 15) is 0 Å². The Morgan fingerprint density at radius 2 is 2.28 bits per heavy atom. The molecule has 98 valence electrons. The molecule has 2 heterocycles.